The minimum Gasteiger partial charge on any atom is -0.478 e. The molecule has 3 nitrogen and oxygen atoms in total. The Hall–Kier alpha value is -0.810. The van der Waals surface area contributed by atoms with Crippen molar-refractivity contribution in [1.29, 1.82) is 0 Å². The maximum Gasteiger partial charge on any atom is 0.262 e. The number of hydrogen-bond acceptors (Lipinski definition) is 2. The van der Waals surface area contributed by atoms with Gasteiger partial charge in [-0.2, -0.15) is 0 Å². The molecule has 0 aliphatic carbocycles. The van der Waals surface area contributed by atoms with Crippen LogP contribution < -0.4 is 10.1 Å². The Morgan fingerprint density at radius 2 is 2.36 bits per heavy atom. The van der Waals surface area contributed by atoms with Crippen molar-refractivity contribution in [2.75, 3.05) is 11.9 Å². The maximum atomic E-state index is 13.5. The van der Waals surface area contributed by atoms with Gasteiger partial charge in [0.2, 0.25) is 0 Å². The van der Waals surface area contributed by atoms with E-state index in [1.54, 1.807) is 0 Å². The number of hydrogen-bond donors (Lipinski definition) is 1. The van der Waals surface area contributed by atoms with E-state index in [1.807, 2.05) is 0 Å². The SMILES string of the molecule is O=C1COc2c(cc(Cl)c(Br)c2F)N1. The summed E-state index contributed by atoms with van der Waals surface area (Å²) in [6, 6.07) is 1.43. The van der Waals surface area contributed by atoms with Crippen molar-refractivity contribution in [1.82, 2.24) is 0 Å². The molecule has 0 fully saturated rings. The third kappa shape index (κ3) is 1.46. The highest BCUT2D eigenvalue weighted by molar-refractivity contribution is 9.10. The van der Waals surface area contributed by atoms with Crippen LogP contribution in [-0.4, -0.2) is 12.5 Å². The fraction of sp³-hybridized carbons (Fsp3) is 0.125. The average molecular weight is 280 g/mol. The molecule has 1 heterocycles. The maximum absolute atomic E-state index is 13.5. The first-order valence-electron chi connectivity index (χ1n) is 3.69. The standard InChI is InChI=1S/C8H4BrClFNO2/c9-6-3(10)1-4-8(7(6)11)14-2-5(13)12-4/h1H,2H2,(H,12,13). The monoisotopic (exact) mass is 279 g/mol. The van der Waals surface area contributed by atoms with Crippen LogP contribution in [0.3, 0.4) is 0 Å². The van der Waals surface area contributed by atoms with Crippen molar-refractivity contribution in [2.24, 2.45) is 0 Å². The molecule has 14 heavy (non-hydrogen) atoms. The Kier molecular flexibility index (Phi) is 2.36. The molecule has 0 bridgehead atoms. The zero-order chi connectivity index (χ0) is 10.3. The van der Waals surface area contributed by atoms with Gasteiger partial charge >= 0.3 is 0 Å². The quantitative estimate of drug-likeness (QED) is 0.742. The first-order valence-corrected chi connectivity index (χ1v) is 4.87. The van der Waals surface area contributed by atoms with E-state index >= 15 is 0 Å². The van der Waals surface area contributed by atoms with Gasteiger partial charge in [0.1, 0.15) is 0 Å². The summed E-state index contributed by atoms with van der Waals surface area (Å²) in [6.45, 7) is -0.183. The zero-order valence-electron chi connectivity index (χ0n) is 6.73. The molecule has 1 aliphatic heterocycles. The number of carbonyl (C=O) groups excluding carboxylic acids is 1. The van der Waals surface area contributed by atoms with E-state index in [0.29, 0.717) is 0 Å². The van der Waals surface area contributed by atoms with E-state index in [1.165, 1.54) is 6.07 Å². The molecule has 1 aromatic rings. The van der Waals surface area contributed by atoms with Crippen LogP contribution in [0.1, 0.15) is 0 Å². The molecule has 0 saturated carbocycles. The summed E-state index contributed by atoms with van der Waals surface area (Å²) >= 11 is 8.68. The Bertz CT molecular complexity index is 424. The number of benzene rings is 1. The van der Waals surface area contributed by atoms with Crippen LogP contribution in [0.2, 0.25) is 5.02 Å². The number of anilines is 1. The van der Waals surface area contributed by atoms with Crippen LogP contribution in [0.5, 0.6) is 5.75 Å². The van der Waals surface area contributed by atoms with Gasteiger partial charge in [0, 0.05) is 0 Å². The highest BCUT2D eigenvalue weighted by Gasteiger charge is 2.23. The molecule has 6 heteroatoms. The summed E-state index contributed by atoms with van der Waals surface area (Å²) in [5.41, 5.74) is 0.256. The molecule has 1 aliphatic rings. The first kappa shape index (κ1) is 9.73. The Morgan fingerprint density at radius 3 is 3.07 bits per heavy atom. The molecule has 1 aromatic carbocycles. The zero-order valence-corrected chi connectivity index (χ0v) is 9.08. The van der Waals surface area contributed by atoms with Crippen LogP contribution in [-0.2, 0) is 4.79 Å². The van der Waals surface area contributed by atoms with Gasteiger partial charge in [-0.25, -0.2) is 4.39 Å². The van der Waals surface area contributed by atoms with E-state index in [0.717, 1.165) is 0 Å². The second kappa shape index (κ2) is 3.40. The van der Waals surface area contributed by atoms with Gasteiger partial charge in [0.25, 0.3) is 5.91 Å². The number of nitrogens with one attached hydrogen (secondary N) is 1. The fourth-order valence-electron chi connectivity index (χ4n) is 1.14. The number of rotatable bonds is 0. The van der Waals surface area contributed by atoms with Crippen LogP contribution in [0, 0.1) is 5.82 Å². The molecule has 2 rings (SSSR count). The van der Waals surface area contributed by atoms with Crippen molar-refractivity contribution in [3.8, 4) is 5.75 Å². The van der Waals surface area contributed by atoms with Crippen molar-refractivity contribution in [3.63, 3.8) is 0 Å². The largest absolute Gasteiger partial charge is 0.478 e. The van der Waals surface area contributed by atoms with Gasteiger partial charge in [-0.1, -0.05) is 11.6 Å². The van der Waals surface area contributed by atoms with E-state index in [4.69, 9.17) is 16.3 Å². The number of ether oxygens (including phenoxy) is 1. The van der Waals surface area contributed by atoms with Gasteiger partial charge in [-0.05, 0) is 22.0 Å². The number of carbonyl (C=O) groups is 1. The topological polar surface area (TPSA) is 38.3 Å². The summed E-state index contributed by atoms with van der Waals surface area (Å²) in [5.74, 6) is -0.913. The lowest BCUT2D eigenvalue weighted by molar-refractivity contribution is -0.118. The van der Waals surface area contributed by atoms with Gasteiger partial charge < -0.3 is 10.1 Å². The smallest absolute Gasteiger partial charge is 0.262 e. The molecule has 0 radical (unpaired) electrons. The van der Waals surface area contributed by atoms with Crippen molar-refractivity contribution in [3.05, 3.63) is 21.4 Å². The lowest BCUT2D eigenvalue weighted by atomic mass is 10.2. The molecule has 1 N–H and O–H groups in total. The Labute approximate surface area is 92.3 Å². The Morgan fingerprint density at radius 1 is 1.64 bits per heavy atom. The predicted octanol–water partition coefficient (Wildman–Crippen LogP) is 2.57. The van der Waals surface area contributed by atoms with E-state index in [9.17, 15) is 9.18 Å². The highest BCUT2D eigenvalue weighted by Crippen LogP contribution is 2.39. The van der Waals surface area contributed by atoms with Gasteiger partial charge in [-0.15, -0.1) is 0 Å². The number of amides is 1. The summed E-state index contributed by atoms with van der Waals surface area (Å²) in [5, 5.41) is 2.65. The highest BCUT2D eigenvalue weighted by atomic mass is 79.9. The molecular weight excluding hydrogens is 276 g/mol. The van der Waals surface area contributed by atoms with Crippen molar-refractivity contribution >= 4 is 39.1 Å². The fourth-order valence-corrected chi connectivity index (χ4v) is 1.62. The molecular formula is C8H4BrClFNO2. The second-order valence-corrected chi connectivity index (χ2v) is 3.90. The van der Waals surface area contributed by atoms with E-state index < -0.39 is 5.82 Å². The summed E-state index contributed by atoms with van der Waals surface area (Å²) < 4.78 is 18.5. The molecule has 0 atom stereocenters. The van der Waals surface area contributed by atoms with Crippen LogP contribution in [0.25, 0.3) is 0 Å². The Balaban J connectivity index is 2.59. The molecule has 0 spiro atoms. The van der Waals surface area contributed by atoms with Crippen molar-refractivity contribution in [2.45, 2.75) is 0 Å². The molecule has 0 unspecified atom stereocenters. The normalized spacial score (nSPS) is 14.4. The van der Waals surface area contributed by atoms with Gasteiger partial charge in [0.15, 0.2) is 18.2 Å². The lowest BCUT2D eigenvalue weighted by Crippen LogP contribution is -2.26. The van der Waals surface area contributed by atoms with Crippen LogP contribution in [0.15, 0.2) is 10.5 Å². The lowest BCUT2D eigenvalue weighted by Gasteiger charge is -2.19. The van der Waals surface area contributed by atoms with E-state index in [2.05, 4.69) is 21.2 Å². The second-order valence-electron chi connectivity index (χ2n) is 2.70. The van der Waals surface area contributed by atoms with Crippen molar-refractivity contribution < 1.29 is 13.9 Å². The molecule has 1 amide bonds. The van der Waals surface area contributed by atoms with Gasteiger partial charge in [-0.3, -0.25) is 4.79 Å². The van der Waals surface area contributed by atoms with Crippen LogP contribution >= 0.6 is 27.5 Å². The minimum absolute atomic E-state index is 0.0147. The van der Waals surface area contributed by atoms with Gasteiger partial charge in [0.05, 0.1) is 15.2 Å². The third-order valence-corrected chi connectivity index (χ3v) is 3.04. The average Bonchev–Trinajstić information content (AvgIpc) is 2.14. The molecule has 0 aromatic heterocycles. The number of halogens is 3. The summed E-state index contributed by atoms with van der Waals surface area (Å²) in [7, 11) is 0. The van der Waals surface area contributed by atoms with Crippen LogP contribution in [0.4, 0.5) is 10.1 Å². The number of fused-ring (bicyclic) bond motifs is 1. The summed E-state index contributed by atoms with van der Waals surface area (Å²) in [6.07, 6.45) is 0. The molecule has 0 saturated heterocycles. The first-order chi connectivity index (χ1) is 6.59. The van der Waals surface area contributed by atoms with E-state index in [-0.39, 0.29) is 33.4 Å². The summed E-state index contributed by atoms with van der Waals surface area (Å²) in [4.78, 5) is 10.9. The minimum atomic E-state index is -0.604. The molecule has 74 valence electrons. The predicted molar refractivity (Wildman–Crippen MR) is 53.2 cm³/mol. The third-order valence-electron chi connectivity index (χ3n) is 1.74.